The maximum atomic E-state index is 13.8. The fourth-order valence-corrected chi connectivity index (χ4v) is 8.86. The number of nitrogens with zero attached hydrogens (tertiary/aromatic N) is 5. The van der Waals surface area contributed by atoms with Gasteiger partial charge in [-0.25, -0.2) is 14.8 Å². The van der Waals surface area contributed by atoms with Crippen molar-refractivity contribution in [2.45, 2.75) is 58.0 Å². The third-order valence-corrected chi connectivity index (χ3v) is 12.8. The highest BCUT2D eigenvalue weighted by Crippen LogP contribution is 2.35. The fraction of sp³-hybridized carbons (Fsp3) is 0.283. The largest absolute Gasteiger partial charge is 0.475 e. The lowest BCUT2D eigenvalue weighted by Crippen LogP contribution is -2.47. The molecule has 2 atom stereocenters. The van der Waals surface area contributed by atoms with E-state index in [0.29, 0.717) is 41.8 Å². The first-order valence-corrected chi connectivity index (χ1v) is 23.1. The molecule has 68 heavy (non-hydrogen) atoms. The second-order valence-electron chi connectivity index (χ2n) is 17.5. The van der Waals surface area contributed by atoms with E-state index in [1.54, 1.807) is 30.3 Å². The Labute approximate surface area is 393 Å². The van der Waals surface area contributed by atoms with Crippen LogP contribution >= 0.6 is 0 Å². The highest BCUT2D eigenvalue weighted by molar-refractivity contribution is 5.97. The second-order valence-corrected chi connectivity index (χ2v) is 17.5. The number of imidazole rings is 2. The summed E-state index contributed by atoms with van der Waals surface area (Å²) in [5.74, 6) is 1.49. The van der Waals surface area contributed by atoms with Crippen molar-refractivity contribution >= 4 is 51.4 Å². The number of anilines is 1. The number of aromatic nitrogens is 4. The number of furan rings is 2. The number of aromatic carboxylic acids is 1. The Balaban J connectivity index is 0.000000170. The number of fused-ring (bicyclic) bond motifs is 2. The van der Waals surface area contributed by atoms with Gasteiger partial charge in [0.2, 0.25) is 11.7 Å². The van der Waals surface area contributed by atoms with Gasteiger partial charge in [0.05, 0.1) is 34.2 Å². The van der Waals surface area contributed by atoms with Gasteiger partial charge in [0, 0.05) is 54.5 Å². The summed E-state index contributed by atoms with van der Waals surface area (Å²) in [6, 6.07) is 36.3. The highest BCUT2D eigenvalue weighted by atomic mass is 16.4. The van der Waals surface area contributed by atoms with Crippen molar-refractivity contribution in [2.75, 3.05) is 38.1 Å². The molecule has 0 radical (unpaired) electrons. The minimum atomic E-state index is -1.10. The quantitative estimate of drug-likeness (QED) is 0.0970. The van der Waals surface area contributed by atoms with Gasteiger partial charge in [0.15, 0.2) is 5.76 Å². The Bertz CT molecular complexity index is 2980. The van der Waals surface area contributed by atoms with E-state index < -0.39 is 5.97 Å². The standard InChI is InChI=1S/C27H27N3O4.C26H27N5O3/c1-17(25-28-21-9-5-6-10-22(21)29-25)30(26(31)19-7-3-2-4-8-19)20-13-11-18(12-14-20)23-15-16-24(34-23)27(32)33;1-17(24-28-20-5-3-4-6-21(20)29-24)27-25(32)19-9-7-18(8-10-19)22-11-12-23(34-22)26(33)31-15-13-30(2)14-16-31/h5-6,9-17,19H,2-4,7-8H2,1H3,(H,28,29)(H,32,33);3-12,17H,13-16H2,1-2H3,(H,27,32)(H,28,29). The van der Waals surface area contributed by atoms with Gasteiger partial charge in [-0.15, -0.1) is 0 Å². The average molecular weight is 915 g/mol. The number of aromatic amines is 2. The summed E-state index contributed by atoms with van der Waals surface area (Å²) in [6.07, 6.45) is 5.15. The Hall–Kier alpha value is -7.78. The molecule has 2 fully saturated rings. The minimum Gasteiger partial charge on any atom is -0.475 e. The molecular weight excluding hydrogens is 861 g/mol. The van der Waals surface area contributed by atoms with Crippen LogP contribution in [-0.2, 0) is 4.79 Å². The number of carbonyl (C=O) groups is 4. The number of likely N-dealkylation sites (N-methyl/N-ethyl adjacent to an activating group) is 1. The van der Waals surface area contributed by atoms with E-state index in [1.807, 2.05) is 109 Å². The van der Waals surface area contributed by atoms with Crippen molar-refractivity contribution in [3.8, 4) is 22.6 Å². The number of carboxylic acid groups (broad SMARTS) is 1. The molecule has 348 valence electrons. The van der Waals surface area contributed by atoms with E-state index in [9.17, 15) is 19.2 Å². The smallest absolute Gasteiger partial charge is 0.371 e. The molecule has 1 aliphatic carbocycles. The summed E-state index contributed by atoms with van der Waals surface area (Å²) >= 11 is 0. The van der Waals surface area contributed by atoms with Crippen LogP contribution in [0.4, 0.5) is 5.69 Å². The maximum absolute atomic E-state index is 13.8. The molecule has 5 heterocycles. The number of amides is 3. The number of carboxylic acids is 1. The first kappa shape index (κ1) is 45.4. The molecule has 15 nitrogen and oxygen atoms in total. The van der Waals surface area contributed by atoms with Crippen molar-refractivity contribution in [1.29, 1.82) is 0 Å². The summed E-state index contributed by atoms with van der Waals surface area (Å²) in [5, 5.41) is 12.1. The summed E-state index contributed by atoms with van der Waals surface area (Å²) in [7, 11) is 2.05. The third kappa shape index (κ3) is 9.98. The Kier molecular flexibility index (Phi) is 13.3. The lowest BCUT2D eigenvalue weighted by molar-refractivity contribution is -0.123. The van der Waals surface area contributed by atoms with Crippen LogP contribution in [0.3, 0.4) is 0 Å². The lowest BCUT2D eigenvalue weighted by atomic mass is 9.87. The predicted octanol–water partition coefficient (Wildman–Crippen LogP) is 9.90. The number of hydrogen-bond donors (Lipinski definition) is 4. The molecule has 0 spiro atoms. The van der Waals surface area contributed by atoms with E-state index >= 15 is 0 Å². The maximum Gasteiger partial charge on any atom is 0.371 e. The SMILES string of the molecule is CC(NC(=O)c1ccc(-c2ccc(C(=O)N3CCN(C)CC3)o2)cc1)c1nc2ccccc2[nH]1.CC(c1nc2ccccc2[nH]1)N(C(=O)C1CCCCC1)c1ccc(-c2ccc(C(=O)O)o2)cc1. The Morgan fingerprint density at radius 2 is 1.22 bits per heavy atom. The summed E-state index contributed by atoms with van der Waals surface area (Å²) in [5.41, 5.74) is 6.48. The summed E-state index contributed by atoms with van der Waals surface area (Å²) in [6.45, 7) is 7.00. The van der Waals surface area contributed by atoms with E-state index in [2.05, 4.69) is 32.2 Å². The molecule has 4 N–H and O–H groups in total. The molecule has 0 bridgehead atoms. The monoisotopic (exact) mass is 914 g/mol. The van der Waals surface area contributed by atoms with Gasteiger partial charge in [-0.3, -0.25) is 14.4 Å². The number of nitrogens with one attached hydrogen (secondary N) is 3. The minimum absolute atomic E-state index is 0.00320. The zero-order chi connectivity index (χ0) is 47.3. The second kappa shape index (κ2) is 20.0. The van der Waals surface area contributed by atoms with E-state index in [-0.39, 0.29) is 41.5 Å². The molecule has 4 aromatic heterocycles. The van der Waals surface area contributed by atoms with Gasteiger partial charge in [-0.05, 0) is 119 Å². The molecule has 4 aromatic carbocycles. The van der Waals surface area contributed by atoms with Gasteiger partial charge in [-0.1, -0.05) is 55.7 Å². The normalized spacial score (nSPS) is 15.4. The first-order valence-electron chi connectivity index (χ1n) is 23.1. The lowest BCUT2D eigenvalue weighted by Gasteiger charge is -2.33. The van der Waals surface area contributed by atoms with Gasteiger partial charge in [0.1, 0.15) is 23.2 Å². The molecule has 2 unspecified atom stereocenters. The highest BCUT2D eigenvalue weighted by Gasteiger charge is 2.32. The fourth-order valence-electron chi connectivity index (χ4n) is 8.86. The zero-order valence-electron chi connectivity index (χ0n) is 38.3. The number of rotatable bonds is 11. The van der Waals surface area contributed by atoms with Gasteiger partial charge in [0.25, 0.3) is 11.8 Å². The van der Waals surface area contributed by atoms with E-state index in [1.165, 1.54) is 12.5 Å². The van der Waals surface area contributed by atoms with Crippen molar-refractivity contribution in [1.82, 2.24) is 35.1 Å². The van der Waals surface area contributed by atoms with Crippen LogP contribution in [0.1, 0.15) is 101 Å². The van der Waals surface area contributed by atoms with E-state index in [0.717, 1.165) is 83.5 Å². The number of hydrogen-bond acceptors (Lipinski definition) is 9. The van der Waals surface area contributed by atoms with Gasteiger partial charge >= 0.3 is 5.97 Å². The third-order valence-electron chi connectivity index (χ3n) is 12.8. The molecule has 1 aliphatic heterocycles. The van der Waals surface area contributed by atoms with Crippen molar-refractivity contribution < 1.29 is 33.1 Å². The number of piperazine rings is 1. The van der Waals surface area contributed by atoms with Crippen LogP contribution in [0.2, 0.25) is 0 Å². The number of carbonyl (C=O) groups excluding carboxylic acids is 3. The van der Waals surface area contributed by atoms with Crippen LogP contribution in [-0.4, -0.2) is 91.8 Å². The predicted molar refractivity (Wildman–Crippen MR) is 259 cm³/mol. The Morgan fingerprint density at radius 3 is 1.81 bits per heavy atom. The number of para-hydroxylation sites is 4. The Morgan fingerprint density at radius 1 is 0.676 bits per heavy atom. The number of benzene rings is 4. The van der Waals surface area contributed by atoms with Gasteiger partial charge in [-0.2, -0.15) is 0 Å². The molecule has 10 rings (SSSR count). The zero-order valence-corrected chi connectivity index (χ0v) is 38.3. The van der Waals surface area contributed by atoms with Crippen molar-refractivity contribution in [3.63, 3.8) is 0 Å². The molecule has 15 heteroatoms. The van der Waals surface area contributed by atoms with Crippen LogP contribution in [0.5, 0.6) is 0 Å². The topological polar surface area (TPSA) is 194 Å². The van der Waals surface area contributed by atoms with Crippen LogP contribution in [0, 0.1) is 5.92 Å². The van der Waals surface area contributed by atoms with Gasteiger partial charge < -0.3 is 43.9 Å². The molecular formula is C53H54N8O7. The van der Waals surface area contributed by atoms with Crippen molar-refractivity contribution in [2.24, 2.45) is 5.92 Å². The summed E-state index contributed by atoms with van der Waals surface area (Å²) in [4.78, 5) is 72.2. The summed E-state index contributed by atoms with van der Waals surface area (Å²) < 4.78 is 11.3. The van der Waals surface area contributed by atoms with Crippen LogP contribution in [0.15, 0.2) is 130 Å². The first-order chi connectivity index (χ1) is 33.0. The van der Waals surface area contributed by atoms with Crippen LogP contribution < -0.4 is 10.2 Å². The molecule has 8 aromatic rings. The number of H-pyrrole nitrogens is 2. The molecule has 3 amide bonds. The van der Waals surface area contributed by atoms with Crippen molar-refractivity contribution in [3.05, 3.63) is 150 Å². The molecule has 1 saturated heterocycles. The van der Waals surface area contributed by atoms with E-state index in [4.69, 9.17) is 18.9 Å². The molecule has 2 aliphatic rings. The average Bonchev–Trinajstić information content (AvgIpc) is 4.22. The van der Waals surface area contributed by atoms with Crippen LogP contribution in [0.25, 0.3) is 44.7 Å². The molecule has 1 saturated carbocycles.